The Balaban J connectivity index is 1.37. The number of aryl methyl sites for hydroxylation is 2. The maximum absolute atomic E-state index is 15.0. The second kappa shape index (κ2) is 18.6. The van der Waals surface area contributed by atoms with Gasteiger partial charge >= 0.3 is 18.4 Å². The maximum Gasteiger partial charge on any atom is 0.432 e. The van der Waals surface area contributed by atoms with Gasteiger partial charge in [0.05, 0.1) is 5.56 Å². The molecule has 0 bridgehead atoms. The minimum Gasteiger partial charge on any atom is -0.429 e. The van der Waals surface area contributed by atoms with Crippen molar-refractivity contribution in [3.05, 3.63) is 129 Å². The molecule has 0 aromatic heterocycles. The summed E-state index contributed by atoms with van der Waals surface area (Å²) in [7, 11) is 0. The van der Waals surface area contributed by atoms with Gasteiger partial charge < -0.3 is 9.47 Å². The summed E-state index contributed by atoms with van der Waals surface area (Å²) in [4.78, 5) is 0. The van der Waals surface area contributed by atoms with Crippen LogP contribution in [0.1, 0.15) is 98.1 Å². The van der Waals surface area contributed by atoms with E-state index in [1.165, 1.54) is 6.07 Å². The first-order valence-electron chi connectivity index (χ1n) is 17.7. The Labute approximate surface area is 313 Å². The Morgan fingerprint density at radius 3 is 1.39 bits per heavy atom. The Bertz CT molecular complexity index is 1890. The summed E-state index contributed by atoms with van der Waals surface area (Å²) in [6.07, 6.45) is -8.14. The molecule has 0 spiro atoms. The summed E-state index contributed by atoms with van der Waals surface area (Å²) >= 11 is 0. The van der Waals surface area contributed by atoms with Gasteiger partial charge in [0.1, 0.15) is 63.3 Å². The molecule has 0 N–H and O–H groups in total. The van der Waals surface area contributed by atoms with E-state index in [9.17, 15) is 61.5 Å². The molecule has 0 heterocycles. The molecule has 4 aromatic carbocycles. The number of unbranched alkanes of at least 4 members (excludes halogenated alkanes) is 7. The van der Waals surface area contributed by atoms with Crippen molar-refractivity contribution in [3.8, 4) is 11.5 Å². The molecule has 0 aliphatic carbocycles. The molecule has 0 saturated heterocycles. The Morgan fingerprint density at radius 1 is 0.429 bits per heavy atom. The van der Waals surface area contributed by atoms with Crippen LogP contribution >= 0.6 is 0 Å². The summed E-state index contributed by atoms with van der Waals surface area (Å²) in [6.45, 7) is 2.09. The van der Waals surface area contributed by atoms with E-state index in [0.717, 1.165) is 50.7 Å². The van der Waals surface area contributed by atoms with Crippen LogP contribution in [0.4, 0.5) is 61.5 Å². The van der Waals surface area contributed by atoms with Crippen molar-refractivity contribution >= 4 is 0 Å². The average molecular weight is 815 g/mol. The molecule has 4 rings (SSSR count). The second-order valence-corrected chi connectivity index (χ2v) is 13.2. The molecule has 0 fully saturated rings. The van der Waals surface area contributed by atoms with E-state index in [1.807, 2.05) is 0 Å². The lowest BCUT2D eigenvalue weighted by Gasteiger charge is -2.22. The highest BCUT2D eigenvalue weighted by Gasteiger charge is 2.43. The van der Waals surface area contributed by atoms with Gasteiger partial charge in [-0.15, -0.1) is 0 Å². The summed E-state index contributed by atoms with van der Waals surface area (Å²) in [5.41, 5.74) is -5.88. The van der Waals surface area contributed by atoms with Gasteiger partial charge in [-0.05, 0) is 73.9 Å². The SMILES string of the molecule is CCCCCCCCCc1ccc(C(F)(F)Oc2cc(F)c(C(F)(F)Oc3cc(F)c(CCCCc4cc(F)c(C(F)(F)F)c(F)c4)c(F)c3)c(F)c2)c(F)c1. The lowest BCUT2D eigenvalue weighted by molar-refractivity contribution is -0.191. The monoisotopic (exact) mass is 814 g/mol. The third-order valence-corrected chi connectivity index (χ3v) is 8.86. The highest BCUT2D eigenvalue weighted by atomic mass is 19.4. The standard InChI is InChI=1S/C40H36F14O2/c1-2-3-4-5-6-7-8-11-23-14-15-28(31(43)16-23)39(51,52)55-26-21-34(46)37(35(47)22-26)40(53,54)56-25-19-29(41)27(30(42)20-25)13-10-9-12-24-17-32(44)36(33(45)18-24)38(48,49)50/h14-22H,2-13H2,1H3. The van der Waals surface area contributed by atoms with E-state index in [0.29, 0.717) is 30.5 Å². The normalized spacial score (nSPS) is 12.3. The van der Waals surface area contributed by atoms with E-state index < -0.39 is 99.3 Å². The van der Waals surface area contributed by atoms with Crippen molar-refractivity contribution < 1.29 is 70.9 Å². The summed E-state index contributed by atoms with van der Waals surface area (Å²) in [6, 6.07) is 4.29. The van der Waals surface area contributed by atoms with E-state index in [4.69, 9.17) is 0 Å². The Hall–Kier alpha value is -4.50. The highest BCUT2D eigenvalue weighted by Crippen LogP contribution is 2.40. The van der Waals surface area contributed by atoms with Crippen LogP contribution in [0.2, 0.25) is 0 Å². The third-order valence-electron chi connectivity index (χ3n) is 8.86. The van der Waals surface area contributed by atoms with Crippen LogP contribution in [0.3, 0.4) is 0 Å². The number of rotatable bonds is 19. The van der Waals surface area contributed by atoms with Crippen LogP contribution in [0.15, 0.2) is 54.6 Å². The summed E-state index contributed by atoms with van der Waals surface area (Å²) in [5, 5.41) is 0. The molecule has 306 valence electrons. The van der Waals surface area contributed by atoms with Gasteiger partial charge in [0, 0.05) is 29.8 Å². The first-order valence-corrected chi connectivity index (χ1v) is 17.7. The fourth-order valence-corrected chi connectivity index (χ4v) is 6.07. The average Bonchev–Trinajstić information content (AvgIpc) is 3.05. The molecule has 0 unspecified atom stereocenters. The molecule has 4 aromatic rings. The van der Waals surface area contributed by atoms with Crippen molar-refractivity contribution in [2.24, 2.45) is 0 Å². The molecule has 0 atom stereocenters. The fraction of sp³-hybridized carbons (Fsp3) is 0.400. The maximum atomic E-state index is 15.0. The number of alkyl halides is 7. The van der Waals surface area contributed by atoms with Gasteiger partial charge in [-0.2, -0.15) is 30.7 Å². The van der Waals surface area contributed by atoms with Crippen molar-refractivity contribution in [2.45, 2.75) is 102 Å². The van der Waals surface area contributed by atoms with Crippen molar-refractivity contribution in [3.63, 3.8) is 0 Å². The Kier molecular flexibility index (Phi) is 14.7. The molecule has 0 aliphatic rings. The molecule has 0 aliphatic heterocycles. The van der Waals surface area contributed by atoms with Gasteiger partial charge in [0.25, 0.3) is 0 Å². The largest absolute Gasteiger partial charge is 0.432 e. The predicted molar refractivity (Wildman–Crippen MR) is 178 cm³/mol. The van der Waals surface area contributed by atoms with Gasteiger partial charge in [-0.3, -0.25) is 0 Å². The van der Waals surface area contributed by atoms with E-state index >= 15 is 0 Å². The van der Waals surface area contributed by atoms with Crippen LogP contribution in [-0.4, -0.2) is 0 Å². The quantitative estimate of drug-likeness (QED) is 0.0693. The van der Waals surface area contributed by atoms with Gasteiger partial charge in [-0.25, -0.2) is 30.7 Å². The third kappa shape index (κ3) is 11.5. The van der Waals surface area contributed by atoms with Crippen LogP contribution in [0.25, 0.3) is 0 Å². The first kappa shape index (κ1) is 44.2. The van der Waals surface area contributed by atoms with Crippen molar-refractivity contribution in [1.29, 1.82) is 0 Å². The van der Waals surface area contributed by atoms with E-state index in [2.05, 4.69) is 16.4 Å². The summed E-state index contributed by atoms with van der Waals surface area (Å²) in [5.74, 6) is -14.8. The lowest BCUT2D eigenvalue weighted by Crippen LogP contribution is -2.26. The molecular weight excluding hydrogens is 778 g/mol. The van der Waals surface area contributed by atoms with Crippen LogP contribution in [-0.2, 0) is 37.7 Å². The molecule has 0 amide bonds. The minimum absolute atomic E-state index is 0.0236. The molecule has 0 saturated carbocycles. The zero-order valence-electron chi connectivity index (χ0n) is 29.8. The predicted octanol–water partition coefficient (Wildman–Crippen LogP) is 13.8. The number of halogens is 14. The van der Waals surface area contributed by atoms with Gasteiger partial charge in [0.2, 0.25) is 0 Å². The molecule has 0 radical (unpaired) electrons. The molecule has 2 nitrogen and oxygen atoms in total. The Morgan fingerprint density at radius 2 is 0.857 bits per heavy atom. The van der Waals surface area contributed by atoms with E-state index in [-0.39, 0.29) is 49.1 Å². The molecule has 16 heteroatoms. The van der Waals surface area contributed by atoms with Gasteiger partial charge in [0.15, 0.2) is 0 Å². The van der Waals surface area contributed by atoms with Crippen molar-refractivity contribution in [2.75, 3.05) is 0 Å². The lowest BCUT2D eigenvalue weighted by atomic mass is 10.0. The number of benzene rings is 4. The van der Waals surface area contributed by atoms with Crippen LogP contribution < -0.4 is 9.47 Å². The van der Waals surface area contributed by atoms with E-state index in [1.54, 1.807) is 0 Å². The smallest absolute Gasteiger partial charge is 0.429 e. The molecule has 56 heavy (non-hydrogen) atoms. The van der Waals surface area contributed by atoms with Crippen LogP contribution in [0, 0.1) is 40.7 Å². The first-order chi connectivity index (χ1) is 26.2. The topological polar surface area (TPSA) is 18.5 Å². The van der Waals surface area contributed by atoms with Gasteiger partial charge in [-0.1, -0.05) is 51.5 Å². The van der Waals surface area contributed by atoms with Crippen LogP contribution in [0.5, 0.6) is 11.5 Å². The number of hydrogen-bond acceptors (Lipinski definition) is 2. The fourth-order valence-electron chi connectivity index (χ4n) is 6.07. The van der Waals surface area contributed by atoms with Crippen molar-refractivity contribution in [1.82, 2.24) is 0 Å². The number of hydrogen-bond donors (Lipinski definition) is 0. The minimum atomic E-state index is -5.27. The second-order valence-electron chi connectivity index (χ2n) is 13.2. The zero-order valence-corrected chi connectivity index (χ0v) is 29.8. The zero-order chi connectivity index (χ0) is 41.4. The summed E-state index contributed by atoms with van der Waals surface area (Å²) < 4.78 is 208. The number of ether oxygens (including phenoxy) is 2. The highest BCUT2D eigenvalue weighted by molar-refractivity contribution is 5.36. The molecular formula is C40H36F14O2.